The Labute approximate surface area is 120 Å². The number of hydrogen-bond acceptors (Lipinski definition) is 3. The van der Waals surface area contributed by atoms with Crippen LogP contribution in [0, 0.1) is 13.8 Å². The summed E-state index contributed by atoms with van der Waals surface area (Å²) in [7, 11) is 0. The molecule has 2 aromatic rings. The number of benzene rings is 1. The second kappa shape index (κ2) is 7.38. The normalized spacial score (nSPS) is 9.60. The molecule has 2 rings (SSSR count). The maximum atomic E-state index is 7.86. The molecule has 1 aromatic heterocycles. The summed E-state index contributed by atoms with van der Waals surface area (Å²) in [5.41, 5.74) is 3.62. The van der Waals surface area contributed by atoms with Gasteiger partial charge in [0.05, 0.1) is 17.6 Å². The second-order valence-corrected chi connectivity index (χ2v) is 4.74. The van der Waals surface area contributed by atoms with E-state index in [1.807, 2.05) is 16.9 Å². The van der Waals surface area contributed by atoms with Crippen molar-refractivity contribution in [1.29, 1.82) is 0 Å². The SMILES string of the molecule is C=C(C)O.CCNc1ccnn1-c1cc(C)cc(C)c1. The van der Waals surface area contributed by atoms with Gasteiger partial charge in [0.15, 0.2) is 0 Å². The van der Waals surface area contributed by atoms with Crippen molar-refractivity contribution in [3.8, 4) is 5.69 Å². The van der Waals surface area contributed by atoms with E-state index < -0.39 is 0 Å². The van der Waals surface area contributed by atoms with E-state index in [0.717, 1.165) is 18.1 Å². The van der Waals surface area contributed by atoms with Crippen molar-refractivity contribution in [3.63, 3.8) is 0 Å². The molecule has 1 aromatic carbocycles. The van der Waals surface area contributed by atoms with Gasteiger partial charge in [-0.25, -0.2) is 4.68 Å². The van der Waals surface area contributed by atoms with E-state index in [1.54, 1.807) is 0 Å². The zero-order valence-corrected chi connectivity index (χ0v) is 12.6. The van der Waals surface area contributed by atoms with Crippen molar-refractivity contribution in [1.82, 2.24) is 9.78 Å². The molecule has 0 saturated carbocycles. The second-order valence-electron chi connectivity index (χ2n) is 4.74. The molecule has 0 aliphatic carbocycles. The zero-order chi connectivity index (χ0) is 15.1. The molecular weight excluding hydrogens is 250 g/mol. The largest absolute Gasteiger partial charge is 0.513 e. The monoisotopic (exact) mass is 273 g/mol. The Balaban J connectivity index is 0.000000444. The van der Waals surface area contributed by atoms with Gasteiger partial charge in [-0.2, -0.15) is 5.10 Å². The molecule has 0 saturated heterocycles. The molecule has 0 aliphatic heterocycles. The summed E-state index contributed by atoms with van der Waals surface area (Å²) in [6, 6.07) is 8.43. The molecule has 0 atom stereocenters. The van der Waals surface area contributed by atoms with Gasteiger partial charge in [0.25, 0.3) is 0 Å². The summed E-state index contributed by atoms with van der Waals surface area (Å²) >= 11 is 0. The molecule has 20 heavy (non-hydrogen) atoms. The molecule has 4 heteroatoms. The number of aryl methyl sites for hydroxylation is 2. The highest BCUT2D eigenvalue weighted by Crippen LogP contribution is 2.17. The number of anilines is 1. The van der Waals surface area contributed by atoms with E-state index >= 15 is 0 Å². The Bertz CT molecular complexity index is 549. The van der Waals surface area contributed by atoms with Gasteiger partial charge in [0, 0.05) is 12.6 Å². The van der Waals surface area contributed by atoms with Gasteiger partial charge in [-0.15, -0.1) is 0 Å². The first kappa shape index (κ1) is 15.8. The maximum absolute atomic E-state index is 7.86. The van der Waals surface area contributed by atoms with Crippen LogP contribution in [0.4, 0.5) is 5.82 Å². The summed E-state index contributed by atoms with van der Waals surface area (Å²) in [6.07, 6.45) is 1.82. The Morgan fingerprint density at radius 3 is 2.35 bits per heavy atom. The summed E-state index contributed by atoms with van der Waals surface area (Å²) < 4.78 is 1.93. The van der Waals surface area contributed by atoms with Crippen molar-refractivity contribution in [2.45, 2.75) is 27.7 Å². The molecule has 0 fully saturated rings. The molecular formula is C16H23N3O. The van der Waals surface area contributed by atoms with Crippen molar-refractivity contribution in [2.75, 3.05) is 11.9 Å². The lowest BCUT2D eigenvalue weighted by Gasteiger charge is -2.09. The molecule has 0 unspecified atom stereocenters. The summed E-state index contributed by atoms with van der Waals surface area (Å²) in [6.45, 7) is 11.8. The molecule has 0 aliphatic rings. The third-order valence-corrected chi connectivity index (χ3v) is 2.45. The Hall–Kier alpha value is -2.23. The van der Waals surface area contributed by atoms with Crippen LogP contribution in [-0.2, 0) is 0 Å². The number of nitrogens with zero attached hydrogens (tertiary/aromatic N) is 2. The van der Waals surface area contributed by atoms with E-state index in [1.165, 1.54) is 18.1 Å². The Kier molecular flexibility index (Phi) is 5.84. The number of allylic oxidation sites excluding steroid dienone is 1. The van der Waals surface area contributed by atoms with Crippen LogP contribution < -0.4 is 5.32 Å². The van der Waals surface area contributed by atoms with Crippen molar-refractivity contribution < 1.29 is 5.11 Å². The van der Waals surface area contributed by atoms with Gasteiger partial charge in [0.2, 0.25) is 0 Å². The first-order valence-electron chi connectivity index (χ1n) is 6.65. The number of rotatable bonds is 3. The van der Waals surface area contributed by atoms with Crippen LogP contribution in [0.1, 0.15) is 25.0 Å². The topological polar surface area (TPSA) is 50.1 Å². The standard InChI is InChI=1S/C13H17N3.C3H6O/c1-4-14-13-5-6-15-16(13)12-8-10(2)7-11(3)9-12;1-3(2)4/h5-9,14H,4H2,1-3H3;4H,1H2,2H3. The third kappa shape index (κ3) is 4.80. The highest BCUT2D eigenvalue weighted by Gasteiger charge is 2.04. The van der Waals surface area contributed by atoms with Gasteiger partial charge < -0.3 is 10.4 Å². The Morgan fingerprint density at radius 1 is 1.30 bits per heavy atom. The van der Waals surface area contributed by atoms with Crippen LogP contribution in [0.15, 0.2) is 42.8 Å². The molecule has 108 valence electrons. The van der Waals surface area contributed by atoms with Gasteiger partial charge in [-0.3, -0.25) is 0 Å². The smallest absolute Gasteiger partial charge is 0.129 e. The maximum Gasteiger partial charge on any atom is 0.129 e. The molecule has 2 N–H and O–H groups in total. The first-order valence-corrected chi connectivity index (χ1v) is 6.65. The lowest BCUT2D eigenvalue weighted by atomic mass is 10.1. The predicted molar refractivity (Wildman–Crippen MR) is 84.6 cm³/mol. The quantitative estimate of drug-likeness (QED) is 0.831. The minimum Gasteiger partial charge on any atom is -0.513 e. The molecule has 1 heterocycles. The van der Waals surface area contributed by atoms with Crippen LogP contribution in [0.5, 0.6) is 0 Å². The number of nitrogens with one attached hydrogen (secondary N) is 1. The lowest BCUT2D eigenvalue weighted by molar-refractivity contribution is 0.417. The van der Waals surface area contributed by atoms with Crippen LogP contribution in [0.2, 0.25) is 0 Å². The van der Waals surface area contributed by atoms with E-state index in [4.69, 9.17) is 5.11 Å². The minimum atomic E-state index is 0.167. The third-order valence-electron chi connectivity index (χ3n) is 2.45. The van der Waals surface area contributed by atoms with Crippen molar-refractivity contribution in [3.05, 3.63) is 53.9 Å². The average molecular weight is 273 g/mol. The summed E-state index contributed by atoms with van der Waals surface area (Å²) in [5, 5.41) is 15.5. The fourth-order valence-electron chi connectivity index (χ4n) is 1.90. The summed E-state index contributed by atoms with van der Waals surface area (Å²) in [4.78, 5) is 0. The van der Waals surface area contributed by atoms with Gasteiger partial charge >= 0.3 is 0 Å². The fourth-order valence-corrected chi connectivity index (χ4v) is 1.90. The lowest BCUT2D eigenvalue weighted by Crippen LogP contribution is -2.05. The van der Waals surface area contributed by atoms with E-state index in [9.17, 15) is 0 Å². The highest BCUT2D eigenvalue weighted by molar-refractivity contribution is 5.47. The summed E-state index contributed by atoms with van der Waals surface area (Å²) in [5.74, 6) is 1.20. The zero-order valence-electron chi connectivity index (χ0n) is 12.6. The molecule has 0 bridgehead atoms. The van der Waals surface area contributed by atoms with E-state index in [-0.39, 0.29) is 5.76 Å². The molecule has 0 spiro atoms. The number of aliphatic hydroxyl groups is 1. The van der Waals surface area contributed by atoms with E-state index in [2.05, 4.69) is 56.0 Å². The van der Waals surface area contributed by atoms with Gasteiger partial charge in [-0.05, 0) is 51.0 Å². The van der Waals surface area contributed by atoms with Gasteiger partial charge in [-0.1, -0.05) is 12.6 Å². The van der Waals surface area contributed by atoms with Crippen LogP contribution >= 0.6 is 0 Å². The van der Waals surface area contributed by atoms with Crippen molar-refractivity contribution in [2.24, 2.45) is 0 Å². The van der Waals surface area contributed by atoms with Gasteiger partial charge in [0.1, 0.15) is 5.82 Å². The Morgan fingerprint density at radius 2 is 1.85 bits per heavy atom. The van der Waals surface area contributed by atoms with Crippen LogP contribution in [0.3, 0.4) is 0 Å². The fraction of sp³-hybridized carbons (Fsp3) is 0.312. The highest BCUT2D eigenvalue weighted by atomic mass is 16.3. The van der Waals surface area contributed by atoms with E-state index in [0.29, 0.717) is 0 Å². The van der Waals surface area contributed by atoms with Crippen LogP contribution in [-0.4, -0.2) is 21.4 Å². The van der Waals surface area contributed by atoms with Crippen LogP contribution in [0.25, 0.3) is 5.69 Å². The predicted octanol–water partition coefficient (Wildman–Crippen LogP) is 4.00. The number of aromatic nitrogens is 2. The van der Waals surface area contributed by atoms with Crippen molar-refractivity contribution >= 4 is 5.82 Å². The number of hydrogen-bond donors (Lipinski definition) is 2. The molecule has 4 nitrogen and oxygen atoms in total. The average Bonchev–Trinajstić information content (AvgIpc) is 2.75. The number of aliphatic hydroxyl groups excluding tert-OH is 1. The molecule has 0 radical (unpaired) electrons. The minimum absolute atomic E-state index is 0.167. The molecule has 0 amide bonds. The first-order chi connectivity index (χ1) is 9.43.